The summed E-state index contributed by atoms with van der Waals surface area (Å²) >= 11 is 0. The summed E-state index contributed by atoms with van der Waals surface area (Å²) in [5, 5.41) is 10.2. The van der Waals surface area contributed by atoms with Crippen LogP contribution in [0.3, 0.4) is 0 Å². The molecular formula is C15H18N4O4. The maximum Gasteiger partial charge on any atom is 0.360 e. The third-order valence-corrected chi connectivity index (χ3v) is 2.96. The molecule has 0 atom stereocenters. The van der Waals surface area contributed by atoms with Crippen LogP contribution in [0.4, 0.5) is 5.69 Å². The first-order valence-corrected chi connectivity index (χ1v) is 7.05. The molecule has 0 bridgehead atoms. The topological polar surface area (TPSA) is 95.3 Å². The van der Waals surface area contributed by atoms with E-state index < -0.39 is 5.97 Å². The molecule has 0 unspecified atom stereocenters. The van der Waals surface area contributed by atoms with Crippen LogP contribution in [0.15, 0.2) is 24.4 Å². The number of esters is 1. The molecule has 1 N–H and O–H groups in total. The van der Waals surface area contributed by atoms with Gasteiger partial charge in [0.25, 0.3) is 0 Å². The predicted octanol–water partition coefficient (Wildman–Crippen LogP) is 1.41. The molecule has 122 valence electrons. The van der Waals surface area contributed by atoms with Crippen molar-refractivity contribution in [3.8, 4) is 5.75 Å². The van der Waals surface area contributed by atoms with Crippen LogP contribution in [0.5, 0.6) is 5.75 Å². The first-order chi connectivity index (χ1) is 11.0. The second kappa shape index (κ2) is 7.39. The highest BCUT2D eigenvalue weighted by Crippen LogP contribution is 2.25. The molecular weight excluding hydrogens is 300 g/mol. The predicted molar refractivity (Wildman–Crippen MR) is 82.3 cm³/mol. The van der Waals surface area contributed by atoms with Crippen LogP contribution in [0, 0.1) is 6.92 Å². The summed E-state index contributed by atoms with van der Waals surface area (Å²) in [6.45, 7) is 3.78. The van der Waals surface area contributed by atoms with E-state index in [1.165, 1.54) is 18.0 Å². The van der Waals surface area contributed by atoms with E-state index in [1.54, 1.807) is 13.0 Å². The lowest BCUT2D eigenvalue weighted by Crippen LogP contribution is -2.19. The number of anilines is 1. The zero-order chi connectivity index (χ0) is 16.8. The number of ether oxygens (including phenoxy) is 2. The normalized spacial score (nSPS) is 10.2. The number of hydrogen-bond acceptors (Lipinski definition) is 6. The van der Waals surface area contributed by atoms with Gasteiger partial charge in [-0.15, -0.1) is 5.10 Å². The number of amides is 1. The largest absolute Gasteiger partial charge is 0.495 e. The Morgan fingerprint density at radius 3 is 2.83 bits per heavy atom. The monoisotopic (exact) mass is 318 g/mol. The van der Waals surface area contributed by atoms with Crippen molar-refractivity contribution in [3.63, 3.8) is 0 Å². The number of carbonyl (C=O) groups excluding carboxylic acids is 2. The van der Waals surface area contributed by atoms with Gasteiger partial charge in [0.2, 0.25) is 5.91 Å². The van der Waals surface area contributed by atoms with Crippen LogP contribution in [0.2, 0.25) is 0 Å². The average Bonchev–Trinajstić information content (AvgIpc) is 2.96. The van der Waals surface area contributed by atoms with Crippen molar-refractivity contribution < 1.29 is 19.1 Å². The Balaban J connectivity index is 2.03. The Kier molecular flexibility index (Phi) is 5.29. The summed E-state index contributed by atoms with van der Waals surface area (Å²) in [4.78, 5) is 23.6. The first-order valence-electron chi connectivity index (χ1n) is 7.05. The van der Waals surface area contributed by atoms with Crippen LogP contribution >= 0.6 is 0 Å². The summed E-state index contributed by atoms with van der Waals surface area (Å²) in [6, 6.07) is 5.47. The minimum absolute atomic E-state index is 0.0628. The number of nitrogens with one attached hydrogen (secondary N) is 1. The highest BCUT2D eigenvalue weighted by Gasteiger charge is 2.14. The van der Waals surface area contributed by atoms with E-state index in [2.05, 4.69) is 15.6 Å². The Hall–Kier alpha value is -2.90. The van der Waals surface area contributed by atoms with Crippen molar-refractivity contribution >= 4 is 17.6 Å². The molecule has 8 heteroatoms. The van der Waals surface area contributed by atoms with E-state index in [4.69, 9.17) is 9.47 Å². The highest BCUT2D eigenvalue weighted by atomic mass is 16.5. The number of aromatic nitrogens is 3. The molecule has 0 saturated carbocycles. The minimum Gasteiger partial charge on any atom is -0.495 e. The molecule has 23 heavy (non-hydrogen) atoms. The molecule has 0 spiro atoms. The lowest BCUT2D eigenvalue weighted by molar-refractivity contribution is -0.116. The van der Waals surface area contributed by atoms with Crippen molar-refractivity contribution in [2.75, 3.05) is 19.0 Å². The van der Waals surface area contributed by atoms with E-state index in [9.17, 15) is 9.59 Å². The Morgan fingerprint density at radius 2 is 2.13 bits per heavy atom. The first kappa shape index (κ1) is 16.5. The van der Waals surface area contributed by atoms with Gasteiger partial charge in [-0.3, -0.25) is 4.79 Å². The number of rotatable bonds is 6. The molecule has 0 fully saturated rings. The summed E-state index contributed by atoms with van der Waals surface area (Å²) in [5.41, 5.74) is 1.63. The number of nitrogens with zero attached hydrogens (tertiary/aromatic N) is 3. The Morgan fingerprint density at radius 1 is 1.35 bits per heavy atom. The lowest BCUT2D eigenvalue weighted by Gasteiger charge is -2.10. The number of carbonyl (C=O) groups is 2. The molecule has 1 aromatic heterocycles. The van der Waals surface area contributed by atoms with Crippen molar-refractivity contribution in [3.05, 3.63) is 35.7 Å². The molecule has 1 amide bonds. The van der Waals surface area contributed by atoms with E-state index in [0.717, 1.165) is 5.56 Å². The molecule has 0 aliphatic rings. The van der Waals surface area contributed by atoms with E-state index >= 15 is 0 Å². The van der Waals surface area contributed by atoms with Crippen LogP contribution in [-0.2, 0) is 16.1 Å². The lowest BCUT2D eigenvalue weighted by atomic mass is 10.2. The fourth-order valence-corrected chi connectivity index (χ4v) is 1.93. The average molecular weight is 318 g/mol. The van der Waals surface area contributed by atoms with E-state index in [0.29, 0.717) is 11.4 Å². The molecule has 2 aromatic rings. The third kappa shape index (κ3) is 4.29. The van der Waals surface area contributed by atoms with Crippen LogP contribution in [-0.4, -0.2) is 40.6 Å². The van der Waals surface area contributed by atoms with Gasteiger partial charge in [0.15, 0.2) is 5.69 Å². The molecule has 2 rings (SSSR count). The summed E-state index contributed by atoms with van der Waals surface area (Å²) in [5.74, 6) is -0.316. The minimum atomic E-state index is -0.570. The van der Waals surface area contributed by atoms with E-state index in [-0.39, 0.29) is 24.8 Å². The summed E-state index contributed by atoms with van der Waals surface area (Å²) in [7, 11) is 1.53. The molecule has 1 heterocycles. The van der Waals surface area contributed by atoms with Gasteiger partial charge >= 0.3 is 5.97 Å². The number of methoxy groups -OCH3 is 1. The van der Waals surface area contributed by atoms with E-state index in [1.807, 2.05) is 19.1 Å². The third-order valence-electron chi connectivity index (χ3n) is 2.96. The SMILES string of the molecule is CCOC(=O)c1cn(CC(=O)Nc2cc(C)ccc2OC)nn1. The van der Waals surface area contributed by atoms with Crippen molar-refractivity contribution in [1.82, 2.24) is 15.0 Å². The quantitative estimate of drug-likeness (QED) is 0.809. The molecule has 8 nitrogen and oxygen atoms in total. The van der Waals surface area contributed by atoms with Crippen LogP contribution < -0.4 is 10.1 Å². The standard InChI is InChI=1S/C15H18N4O4/c1-4-23-15(21)12-8-19(18-17-12)9-14(20)16-11-7-10(2)5-6-13(11)22-3/h5-8H,4,9H2,1-3H3,(H,16,20). The molecule has 0 aliphatic heterocycles. The second-order valence-corrected chi connectivity index (χ2v) is 4.77. The van der Waals surface area contributed by atoms with Gasteiger partial charge in [0.05, 0.1) is 25.6 Å². The van der Waals surface area contributed by atoms with Crippen LogP contribution in [0.1, 0.15) is 23.0 Å². The zero-order valence-corrected chi connectivity index (χ0v) is 13.2. The van der Waals surface area contributed by atoms with Gasteiger partial charge in [-0.1, -0.05) is 11.3 Å². The van der Waals surface area contributed by atoms with Gasteiger partial charge in [-0.25, -0.2) is 9.48 Å². The molecule has 0 saturated heterocycles. The fraction of sp³-hybridized carbons (Fsp3) is 0.333. The van der Waals surface area contributed by atoms with Gasteiger partial charge in [0.1, 0.15) is 12.3 Å². The molecule has 0 aliphatic carbocycles. The van der Waals surface area contributed by atoms with Crippen molar-refractivity contribution in [2.45, 2.75) is 20.4 Å². The van der Waals surface area contributed by atoms with Gasteiger partial charge < -0.3 is 14.8 Å². The van der Waals surface area contributed by atoms with Crippen LogP contribution in [0.25, 0.3) is 0 Å². The number of aryl methyl sites for hydroxylation is 1. The van der Waals surface area contributed by atoms with Crippen molar-refractivity contribution in [1.29, 1.82) is 0 Å². The van der Waals surface area contributed by atoms with Crippen molar-refractivity contribution in [2.24, 2.45) is 0 Å². The van der Waals surface area contributed by atoms with Gasteiger partial charge in [-0.05, 0) is 31.5 Å². The Bertz CT molecular complexity index is 711. The second-order valence-electron chi connectivity index (χ2n) is 4.77. The van der Waals surface area contributed by atoms with Gasteiger partial charge in [-0.2, -0.15) is 0 Å². The summed E-state index contributed by atoms with van der Waals surface area (Å²) in [6.07, 6.45) is 1.37. The fourth-order valence-electron chi connectivity index (χ4n) is 1.93. The number of benzene rings is 1. The highest BCUT2D eigenvalue weighted by molar-refractivity contribution is 5.92. The van der Waals surface area contributed by atoms with Gasteiger partial charge in [0, 0.05) is 0 Å². The molecule has 0 radical (unpaired) electrons. The molecule has 1 aromatic carbocycles. The smallest absolute Gasteiger partial charge is 0.360 e. The summed E-state index contributed by atoms with van der Waals surface area (Å²) < 4.78 is 11.3. The number of hydrogen-bond donors (Lipinski definition) is 1. The maximum absolute atomic E-state index is 12.1. The maximum atomic E-state index is 12.1. The zero-order valence-electron chi connectivity index (χ0n) is 13.2. The Labute approximate surface area is 133 Å².